The van der Waals surface area contributed by atoms with E-state index in [4.69, 9.17) is 5.26 Å². The molecule has 0 unspecified atom stereocenters. The van der Waals surface area contributed by atoms with Crippen molar-refractivity contribution in [2.45, 2.75) is 6.54 Å². The molecule has 0 aliphatic heterocycles. The van der Waals surface area contributed by atoms with Crippen molar-refractivity contribution < 1.29 is 14.7 Å². The van der Waals surface area contributed by atoms with E-state index in [1.165, 1.54) is 10.8 Å². The van der Waals surface area contributed by atoms with Crippen LogP contribution < -0.4 is 4.57 Å². The number of benzene rings is 1. The smallest absolute Gasteiger partial charge is 0.176 e. The maximum absolute atomic E-state index is 8.23. The van der Waals surface area contributed by atoms with Crippen LogP contribution in [0.2, 0.25) is 0 Å². The van der Waals surface area contributed by atoms with Crippen LogP contribution in [0.4, 0.5) is 0 Å². The highest BCUT2D eigenvalue weighted by molar-refractivity contribution is 5.80. The molecule has 2 rings (SSSR count). The van der Waals surface area contributed by atoms with E-state index in [-0.39, 0.29) is 0 Å². The van der Waals surface area contributed by atoms with E-state index < -0.39 is 0 Å². The molecule has 72 valence electrons. The Balaban J connectivity index is 2.32. The van der Waals surface area contributed by atoms with Crippen LogP contribution in [0, 0.1) is 0 Å². The summed E-state index contributed by atoms with van der Waals surface area (Å²) < 4.78 is 1.98. The molecule has 1 aromatic heterocycles. The third kappa shape index (κ3) is 1.89. The Morgan fingerprint density at radius 2 is 1.93 bits per heavy atom. The van der Waals surface area contributed by atoms with Crippen LogP contribution in [0.5, 0.6) is 0 Å². The van der Waals surface area contributed by atoms with Gasteiger partial charge in [0.05, 0.1) is 0 Å². The quantitative estimate of drug-likeness (QED) is 0.453. The van der Waals surface area contributed by atoms with Crippen LogP contribution in [-0.2, 0) is 11.4 Å². The SMILES string of the molecule is OOCC[n+]1ccc2ccccc2c1. The molecule has 0 bridgehead atoms. The fraction of sp³-hybridized carbons (Fsp3) is 0.182. The van der Waals surface area contributed by atoms with Crippen molar-refractivity contribution in [2.24, 2.45) is 0 Å². The molecule has 1 heterocycles. The van der Waals surface area contributed by atoms with Crippen LogP contribution >= 0.6 is 0 Å². The van der Waals surface area contributed by atoms with Gasteiger partial charge in [0.2, 0.25) is 0 Å². The standard InChI is InChI=1S/C11H11NO2/c13-14-8-7-12-6-5-10-3-1-2-4-11(10)9-12/h1-6,9H,7-8H2/p+1. The lowest BCUT2D eigenvalue weighted by Gasteiger charge is -1.97. The molecule has 0 spiro atoms. The number of fused-ring (bicyclic) bond motifs is 1. The molecule has 0 radical (unpaired) electrons. The van der Waals surface area contributed by atoms with Gasteiger partial charge in [0.1, 0.15) is 6.61 Å². The Hall–Kier alpha value is -1.45. The lowest BCUT2D eigenvalue weighted by Crippen LogP contribution is -2.34. The van der Waals surface area contributed by atoms with Crippen molar-refractivity contribution in [1.29, 1.82) is 0 Å². The second-order valence-corrected chi connectivity index (χ2v) is 3.14. The maximum Gasteiger partial charge on any atom is 0.176 e. The highest BCUT2D eigenvalue weighted by Crippen LogP contribution is 2.09. The summed E-state index contributed by atoms with van der Waals surface area (Å²) in [4.78, 5) is 4.04. The van der Waals surface area contributed by atoms with E-state index in [1.54, 1.807) is 0 Å². The molecule has 3 nitrogen and oxygen atoms in total. The normalized spacial score (nSPS) is 10.6. The summed E-state index contributed by atoms with van der Waals surface area (Å²) >= 11 is 0. The van der Waals surface area contributed by atoms with Crippen LogP contribution in [0.25, 0.3) is 10.8 Å². The molecule has 14 heavy (non-hydrogen) atoms. The first-order valence-corrected chi connectivity index (χ1v) is 4.54. The summed E-state index contributed by atoms with van der Waals surface area (Å²) in [6, 6.07) is 10.2. The molecule has 0 aliphatic rings. The van der Waals surface area contributed by atoms with Gasteiger partial charge in [-0.3, -0.25) is 5.26 Å². The van der Waals surface area contributed by atoms with Crippen LogP contribution in [0.15, 0.2) is 42.7 Å². The van der Waals surface area contributed by atoms with Crippen LogP contribution in [-0.4, -0.2) is 11.9 Å². The van der Waals surface area contributed by atoms with Gasteiger partial charge >= 0.3 is 0 Å². The van der Waals surface area contributed by atoms with E-state index in [9.17, 15) is 0 Å². The number of aromatic nitrogens is 1. The van der Waals surface area contributed by atoms with Gasteiger partial charge in [-0.2, -0.15) is 0 Å². The maximum atomic E-state index is 8.23. The Bertz CT molecular complexity index is 428. The predicted octanol–water partition coefficient (Wildman–Crippen LogP) is 1.62. The van der Waals surface area contributed by atoms with E-state index in [0.29, 0.717) is 13.2 Å². The second kappa shape index (κ2) is 4.17. The van der Waals surface area contributed by atoms with Crippen molar-refractivity contribution >= 4 is 10.8 Å². The number of nitrogens with zero attached hydrogens (tertiary/aromatic N) is 1. The summed E-state index contributed by atoms with van der Waals surface area (Å²) in [5.41, 5.74) is 0. The van der Waals surface area contributed by atoms with Gasteiger partial charge in [0.15, 0.2) is 18.9 Å². The Kier molecular flexibility index (Phi) is 2.72. The van der Waals surface area contributed by atoms with Crippen molar-refractivity contribution in [1.82, 2.24) is 0 Å². The van der Waals surface area contributed by atoms with Gasteiger partial charge < -0.3 is 0 Å². The van der Waals surface area contributed by atoms with Crippen LogP contribution in [0.3, 0.4) is 0 Å². The molecule has 0 fully saturated rings. The van der Waals surface area contributed by atoms with Crippen molar-refractivity contribution in [3.8, 4) is 0 Å². The Labute approximate surface area is 82.1 Å². The average molecular weight is 190 g/mol. The fourth-order valence-corrected chi connectivity index (χ4v) is 1.46. The molecule has 2 aromatic rings. The molecule has 0 atom stereocenters. The average Bonchev–Trinajstić information content (AvgIpc) is 2.26. The number of pyridine rings is 1. The zero-order chi connectivity index (χ0) is 9.80. The lowest BCUT2D eigenvalue weighted by molar-refractivity contribution is -0.700. The second-order valence-electron chi connectivity index (χ2n) is 3.14. The first kappa shape index (κ1) is 9.12. The third-order valence-corrected chi connectivity index (χ3v) is 2.19. The molecule has 0 amide bonds. The molecule has 3 heteroatoms. The van der Waals surface area contributed by atoms with Crippen LogP contribution in [0.1, 0.15) is 0 Å². The minimum Gasteiger partial charge on any atom is -0.252 e. The van der Waals surface area contributed by atoms with Gasteiger partial charge in [-0.25, -0.2) is 9.45 Å². The van der Waals surface area contributed by atoms with Crippen molar-refractivity contribution in [3.63, 3.8) is 0 Å². The molecular weight excluding hydrogens is 178 g/mol. The zero-order valence-corrected chi connectivity index (χ0v) is 7.76. The topological polar surface area (TPSA) is 33.3 Å². The van der Waals surface area contributed by atoms with Crippen molar-refractivity contribution in [2.75, 3.05) is 6.61 Å². The third-order valence-electron chi connectivity index (χ3n) is 2.19. The van der Waals surface area contributed by atoms with E-state index in [2.05, 4.69) is 17.0 Å². The summed E-state index contributed by atoms with van der Waals surface area (Å²) in [5, 5.41) is 10.6. The largest absolute Gasteiger partial charge is 0.252 e. The zero-order valence-electron chi connectivity index (χ0n) is 7.76. The number of rotatable bonds is 3. The Morgan fingerprint density at radius 1 is 1.14 bits per heavy atom. The molecule has 0 aliphatic carbocycles. The summed E-state index contributed by atoms with van der Waals surface area (Å²) in [6.45, 7) is 0.963. The van der Waals surface area contributed by atoms with Gasteiger partial charge in [-0.15, -0.1) is 0 Å². The summed E-state index contributed by atoms with van der Waals surface area (Å²) in [5.74, 6) is 0. The van der Waals surface area contributed by atoms with Gasteiger partial charge in [-0.05, 0) is 11.5 Å². The number of hydrogen-bond acceptors (Lipinski definition) is 2. The molecule has 0 saturated carbocycles. The molecule has 0 saturated heterocycles. The molecule has 1 N–H and O–H groups in total. The number of hydrogen-bond donors (Lipinski definition) is 1. The predicted molar refractivity (Wildman–Crippen MR) is 52.7 cm³/mol. The summed E-state index contributed by atoms with van der Waals surface area (Å²) in [7, 11) is 0. The highest BCUT2D eigenvalue weighted by atomic mass is 17.1. The first-order chi connectivity index (χ1) is 6.90. The minimum absolute atomic E-state index is 0.309. The van der Waals surface area contributed by atoms with Gasteiger partial charge in [0, 0.05) is 11.5 Å². The van der Waals surface area contributed by atoms with E-state index >= 15 is 0 Å². The molecule has 1 aromatic carbocycles. The molecular formula is C11H12NO2+. The van der Waals surface area contributed by atoms with E-state index in [0.717, 1.165) is 0 Å². The van der Waals surface area contributed by atoms with Gasteiger partial charge in [0.25, 0.3) is 0 Å². The van der Waals surface area contributed by atoms with E-state index in [1.807, 2.05) is 35.2 Å². The lowest BCUT2D eigenvalue weighted by atomic mass is 10.2. The summed E-state index contributed by atoms with van der Waals surface area (Å²) in [6.07, 6.45) is 4.01. The van der Waals surface area contributed by atoms with Crippen molar-refractivity contribution in [3.05, 3.63) is 42.7 Å². The first-order valence-electron chi connectivity index (χ1n) is 4.54. The minimum atomic E-state index is 0.309. The Morgan fingerprint density at radius 3 is 2.71 bits per heavy atom. The monoisotopic (exact) mass is 190 g/mol. The highest BCUT2D eigenvalue weighted by Gasteiger charge is 2.01. The van der Waals surface area contributed by atoms with Gasteiger partial charge in [-0.1, -0.05) is 18.2 Å². The fourth-order valence-electron chi connectivity index (χ4n) is 1.46.